The van der Waals surface area contributed by atoms with Crippen LogP contribution in [0.15, 0.2) is 0 Å². The lowest BCUT2D eigenvalue weighted by Crippen LogP contribution is -2.61. The fraction of sp³-hybridized carbons (Fsp3) is 1.00. The third-order valence-corrected chi connectivity index (χ3v) is 4.38. The molecule has 0 amide bonds. The van der Waals surface area contributed by atoms with Gasteiger partial charge in [-0.25, -0.2) is 0 Å². The average Bonchev–Trinajstić information content (AvgIpc) is 2.24. The lowest BCUT2D eigenvalue weighted by atomic mass is 9.79. The van der Waals surface area contributed by atoms with Crippen molar-refractivity contribution in [3.8, 4) is 0 Å². The Morgan fingerprint density at radius 1 is 1.15 bits per heavy atom. The van der Waals surface area contributed by atoms with Crippen molar-refractivity contribution in [3.05, 3.63) is 0 Å². The quantitative estimate of drug-likeness (QED) is 0.703. The molecule has 1 heterocycles. The Hall–Kier alpha value is -0.120. The van der Waals surface area contributed by atoms with E-state index in [1.54, 1.807) is 0 Å². The molecule has 0 aromatic rings. The highest BCUT2D eigenvalue weighted by Crippen LogP contribution is 2.28. The molecule has 0 atom stereocenters. The van der Waals surface area contributed by atoms with Gasteiger partial charge < -0.3 is 15.5 Å². The molecule has 3 heteroatoms. The highest BCUT2D eigenvalue weighted by molar-refractivity contribution is 4.99. The Bertz CT molecular complexity index is 268. The van der Waals surface area contributed by atoms with Crippen LogP contribution in [-0.4, -0.2) is 47.7 Å². The van der Waals surface area contributed by atoms with E-state index in [1.165, 1.54) is 25.8 Å². The number of nitrogens with one attached hydrogen (secondary N) is 2. The zero-order valence-corrected chi connectivity index (χ0v) is 14.8. The zero-order valence-electron chi connectivity index (χ0n) is 14.8. The van der Waals surface area contributed by atoms with Crippen molar-refractivity contribution in [2.24, 2.45) is 0 Å². The SMILES string of the molecule is CCN(CCCNC1CC(C)(C)NC(C)(C)C1)C(C)C. The summed E-state index contributed by atoms with van der Waals surface area (Å²) in [7, 11) is 0. The number of hydrogen-bond donors (Lipinski definition) is 2. The van der Waals surface area contributed by atoms with E-state index in [1.807, 2.05) is 0 Å². The third kappa shape index (κ3) is 6.11. The summed E-state index contributed by atoms with van der Waals surface area (Å²) in [5.41, 5.74) is 0.486. The van der Waals surface area contributed by atoms with Gasteiger partial charge in [0.15, 0.2) is 0 Å². The van der Waals surface area contributed by atoms with Gasteiger partial charge in [-0.2, -0.15) is 0 Å². The molecular weight excluding hydrogens is 246 g/mol. The number of rotatable bonds is 7. The fourth-order valence-corrected chi connectivity index (χ4v) is 3.84. The van der Waals surface area contributed by atoms with Gasteiger partial charge >= 0.3 is 0 Å². The van der Waals surface area contributed by atoms with Gasteiger partial charge in [0, 0.05) is 23.2 Å². The smallest absolute Gasteiger partial charge is 0.0144 e. The monoisotopic (exact) mass is 283 g/mol. The van der Waals surface area contributed by atoms with Crippen LogP contribution in [0, 0.1) is 0 Å². The van der Waals surface area contributed by atoms with E-state index in [0.29, 0.717) is 12.1 Å². The molecule has 0 aromatic carbocycles. The molecule has 1 saturated heterocycles. The predicted molar refractivity (Wildman–Crippen MR) is 89.3 cm³/mol. The maximum Gasteiger partial charge on any atom is 0.0144 e. The largest absolute Gasteiger partial charge is 0.314 e. The number of nitrogens with zero attached hydrogens (tertiary/aromatic N) is 1. The van der Waals surface area contributed by atoms with Crippen LogP contribution >= 0.6 is 0 Å². The van der Waals surface area contributed by atoms with Gasteiger partial charge in [0.05, 0.1) is 0 Å². The van der Waals surface area contributed by atoms with E-state index in [4.69, 9.17) is 0 Å². The summed E-state index contributed by atoms with van der Waals surface area (Å²) in [5, 5.41) is 7.53. The van der Waals surface area contributed by atoms with Crippen LogP contribution in [0.2, 0.25) is 0 Å². The van der Waals surface area contributed by atoms with Crippen molar-refractivity contribution in [1.29, 1.82) is 0 Å². The highest BCUT2D eigenvalue weighted by Gasteiger charge is 2.37. The van der Waals surface area contributed by atoms with Crippen LogP contribution in [0.5, 0.6) is 0 Å². The first-order valence-corrected chi connectivity index (χ1v) is 8.42. The standard InChI is InChI=1S/C17H37N3/c1-8-20(14(2)3)11-9-10-18-15-12-16(4,5)19-17(6,7)13-15/h14-15,18-19H,8-13H2,1-7H3. The lowest BCUT2D eigenvalue weighted by Gasteiger charge is -2.46. The number of hydrogen-bond acceptors (Lipinski definition) is 3. The average molecular weight is 284 g/mol. The second-order valence-corrected chi connectivity index (χ2v) is 8.03. The first-order valence-electron chi connectivity index (χ1n) is 8.42. The van der Waals surface area contributed by atoms with Crippen molar-refractivity contribution in [1.82, 2.24) is 15.5 Å². The zero-order chi connectivity index (χ0) is 15.4. The van der Waals surface area contributed by atoms with Crippen LogP contribution in [0.25, 0.3) is 0 Å². The lowest BCUT2D eigenvalue weighted by molar-refractivity contribution is 0.144. The third-order valence-electron chi connectivity index (χ3n) is 4.38. The molecule has 0 aliphatic carbocycles. The van der Waals surface area contributed by atoms with Gasteiger partial charge in [-0.05, 0) is 80.4 Å². The van der Waals surface area contributed by atoms with E-state index in [2.05, 4.69) is 64.0 Å². The molecule has 1 aliphatic rings. The maximum absolute atomic E-state index is 3.78. The summed E-state index contributed by atoms with van der Waals surface area (Å²) in [6.07, 6.45) is 3.69. The molecule has 2 N–H and O–H groups in total. The molecule has 1 fully saturated rings. The molecule has 1 rings (SSSR count). The fourth-order valence-electron chi connectivity index (χ4n) is 3.84. The van der Waals surface area contributed by atoms with E-state index in [-0.39, 0.29) is 11.1 Å². The normalized spacial score (nSPS) is 22.6. The minimum absolute atomic E-state index is 0.243. The van der Waals surface area contributed by atoms with Gasteiger partial charge in [0.2, 0.25) is 0 Å². The predicted octanol–water partition coefficient (Wildman–Crippen LogP) is 3.01. The summed E-state index contributed by atoms with van der Waals surface area (Å²) >= 11 is 0. The second kappa shape index (κ2) is 7.24. The van der Waals surface area contributed by atoms with Crippen LogP contribution < -0.4 is 10.6 Å². The van der Waals surface area contributed by atoms with E-state index < -0.39 is 0 Å². The van der Waals surface area contributed by atoms with Gasteiger partial charge in [0.1, 0.15) is 0 Å². The highest BCUT2D eigenvalue weighted by atomic mass is 15.1. The molecule has 1 aliphatic heterocycles. The van der Waals surface area contributed by atoms with E-state index in [0.717, 1.165) is 13.1 Å². The summed E-state index contributed by atoms with van der Waals surface area (Å²) < 4.78 is 0. The number of piperidine rings is 1. The Morgan fingerprint density at radius 2 is 1.70 bits per heavy atom. The molecule has 20 heavy (non-hydrogen) atoms. The van der Waals surface area contributed by atoms with Crippen molar-refractivity contribution in [3.63, 3.8) is 0 Å². The first-order chi connectivity index (χ1) is 9.15. The topological polar surface area (TPSA) is 27.3 Å². The molecule has 3 nitrogen and oxygen atoms in total. The van der Waals surface area contributed by atoms with Gasteiger partial charge in [-0.3, -0.25) is 0 Å². The Labute approximate surface area is 126 Å². The van der Waals surface area contributed by atoms with Crippen LogP contribution in [0.3, 0.4) is 0 Å². The van der Waals surface area contributed by atoms with Gasteiger partial charge in [-0.15, -0.1) is 0 Å². The summed E-state index contributed by atoms with van der Waals surface area (Å²) in [6, 6.07) is 1.31. The minimum Gasteiger partial charge on any atom is -0.314 e. The van der Waals surface area contributed by atoms with Crippen LogP contribution in [0.4, 0.5) is 0 Å². The molecule has 0 radical (unpaired) electrons. The van der Waals surface area contributed by atoms with Crippen molar-refractivity contribution in [2.45, 2.75) is 90.9 Å². The van der Waals surface area contributed by atoms with E-state index >= 15 is 0 Å². The molecule has 0 spiro atoms. The van der Waals surface area contributed by atoms with Crippen LogP contribution in [0.1, 0.15) is 67.7 Å². The summed E-state index contributed by atoms with van der Waals surface area (Å²) in [6.45, 7) is 19.6. The first kappa shape index (κ1) is 17.9. The molecule has 0 bridgehead atoms. The molecule has 0 unspecified atom stereocenters. The molecule has 0 saturated carbocycles. The van der Waals surface area contributed by atoms with Gasteiger partial charge in [-0.1, -0.05) is 6.92 Å². The van der Waals surface area contributed by atoms with E-state index in [9.17, 15) is 0 Å². The Kier molecular flexibility index (Phi) is 6.49. The van der Waals surface area contributed by atoms with Crippen molar-refractivity contribution in [2.75, 3.05) is 19.6 Å². The Balaban J connectivity index is 2.31. The van der Waals surface area contributed by atoms with Crippen molar-refractivity contribution >= 4 is 0 Å². The van der Waals surface area contributed by atoms with Crippen LogP contribution in [-0.2, 0) is 0 Å². The molecular formula is C17H37N3. The summed E-state index contributed by atoms with van der Waals surface area (Å²) in [4.78, 5) is 2.54. The maximum atomic E-state index is 3.78. The molecule has 120 valence electrons. The Morgan fingerprint density at radius 3 is 2.15 bits per heavy atom. The second-order valence-electron chi connectivity index (χ2n) is 8.03. The summed E-state index contributed by atoms with van der Waals surface area (Å²) in [5.74, 6) is 0. The van der Waals surface area contributed by atoms with Gasteiger partial charge in [0.25, 0.3) is 0 Å². The minimum atomic E-state index is 0.243. The van der Waals surface area contributed by atoms with Crippen molar-refractivity contribution < 1.29 is 0 Å². The molecule has 0 aromatic heterocycles.